The summed E-state index contributed by atoms with van der Waals surface area (Å²) >= 11 is 0. The Morgan fingerprint density at radius 3 is 2.32 bits per heavy atom. The Bertz CT molecular complexity index is 850. The Kier molecular flexibility index (Phi) is 6.12. The van der Waals surface area contributed by atoms with E-state index in [0.717, 1.165) is 32.1 Å². The predicted octanol–water partition coefficient (Wildman–Crippen LogP) is 5.49. The van der Waals surface area contributed by atoms with Crippen molar-refractivity contribution in [1.82, 2.24) is 0 Å². The van der Waals surface area contributed by atoms with E-state index in [2.05, 4.69) is 41.0 Å². The first kappa shape index (κ1) is 26.4. The smallest absolute Gasteiger partial charge is 0.138 e. The maximum atomic E-state index is 12.8. The van der Waals surface area contributed by atoms with Crippen molar-refractivity contribution < 1.29 is 20.1 Å². The maximum Gasteiger partial charge on any atom is 0.138 e. The lowest BCUT2D eigenvalue weighted by molar-refractivity contribution is -0.219. The number of aliphatic hydroxyl groups excluding tert-OH is 1. The topological polar surface area (TPSA) is 77.8 Å². The fourth-order valence-corrected chi connectivity index (χ4v) is 9.63. The number of carbonyl (C=O) groups is 1. The molecule has 0 amide bonds. The summed E-state index contributed by atoms with van der Waals surface area (Å²) in [5.74, 6) is 1.06. The number of rotatable bonds is 4. The lowest BCUT2D eigenvalue weighted by atomic mass is 9.35. The van der Waals surface area contributed by atoms with Gasteiger partial charge in [-0.15, -0.1) is 0 Å². The molecule has 4 rings (SSSR count). The normalized spacial score (nSPS) is 48.2. The van der Waals surface area contributed by atoms with E-state index in [9.17, 15) is 20.1 Å². The highest BCUT2D eigenvalue weighted by Crippen LogP contribution is 2.75. The van der Waals surface area contributed by atoms with Crippen LogP contribution >= 0.6 is 0 Å². The third-order valence-electron chi connectivity index (χ3n) is 11.6. The van der Waals surface area contributed by atoms with Crippen LogP contribution in [0, 0.1) is 51.8 Å². The van der Waals surface area contributed by atoms with Gasteiger partial charge in [0.15, 0.2) is 0 Å². The minimum atomic E-state index is -0.932. The van der Waals surface area contributed by atoms with E-state index in [4.69, 9.17) is 0 Å². The molecule has 4 nitrogen and oxygen atoms in total. The number of carbonyl (C=O) groups excluding carboxylic acids is 1. The Morgan fingerprint density at radius 2 is 1.71 bits per heavy atom. The molecule has 193 valence electrons. The fourth-order valence-electron chi connectivity index (χ4n) is 9.63. The molecular weight excluding hydrogens is 424 g/mol. The molecule has 4 heteroatoms. The van der Waals surface area contributed by atoms with Crippen LogP contribution < -0.4 is 0 Å². The summed E-state index contributed by atoms with van der Waals surface area (Å²) in [6, 6.07) is 0. The third kappa shape index (κ3) is 3.68. The molecule has 0 aromatic rings. The minimum absolute atomic E-state index is 0.00935. The second-order valence-corrected chi connectivity index (χ2v) is 14.5. The van der Waals surface area contributed by atoms with E-state index in [1.807, 2.05) is 13.0 Å². The third-order valence-corrected chi connectivity index (χ3v) is 11.6. The molecule has 0 saturated heterocycles. The van der Waals surface area contributed by atoms with Gasteiger partial charge in [0.05, 0.1) is 17.3 Å². The molecule has 3 N–H and O–H groups in total. The first-order valence-corrected chi connectivity index (χ1v) is 13.6. The summed E-state index contributed by atoms with van der Waals surface area (Å²) in [5.41, 5.74) is -2.20. The zero-order valence-corrected chi connectivity index (χ0v) is 22.8. The highest BCUT2D eigenvalue weighted by Gasteiger charge is 2.71. The van der Waals surface area contributed by atoms with Gasteiger partial charge in [-0.1, -0.05) is 46.8 Å². The number of Topliss-reactive ketones (excluding diaryl/α,β-unsaturated/α-hetero) is 1. The molecule has 1 radical (unpaired) electrons. The minimum Gasteiger partial charge on any atom is -0.393 e. The molecule has 9 atom stereocenters. The molecule has 5 unspecified atom stereocenters. The Labute approximate surface area is 207 Å². The van der Waals surface area contributed by atoms with Crippen molar-refractivity contribution in [3.05, 3.63) is 18.6 Å². The Hall–Kier alpha value is -0.710. The second kappa shape index (κ2) is 7.89. The van der Waals surface area contributed by atoms with E-state index < -0.39 is 17.3 Å². The summed E-state index contributed by atoms with van der Waals surface area (Å²) in [4.78, 5) is 12.8. The largest absolute Gasteiger partial charge is 0.393 e. The first-order chi connectivity index (χ1) is 15.4. The average Bonchev–Trinajstić information content (AvgIpc) is 3.07. The van der Waals surface area contributed by atoms with Crippen molar-refractivity contribution in [2.45, 2.75) is 118 Å². The molecule has 4 aliphatic carbocycles. The standard InChI is InChI=1S/C30H49O4/c1-25(2,33)13-9-14-30(8,34)19-10-16-29(7)24(19)20(31)18-22-27(5)15-12-23(32)26(3,4)21(27)11-17-28(22,29)6/h9,11,13,19-22,24,31,33-34H,10,12,14-18H2,1-8H3/b13-9+/t19?,20-,21?,22?,24?,27+,28-,29-,30?/m1/s1. The molecule has 0 aromatic heterocycles. The summed E-state index contributed by atoms with van der Waals surface area (Å²) in [6.07, 6.45) is 11.4. The average molecular weight is 474 g/mol. The SMILES string of the molecule is CC(C)(O)/C=C/CC(C)(O)C1CC[C@]2(C)C1[C@H](O)CC1[C@@]3(C)CCC(=O)C(C)(C)C3[CH]C[C@]12C. The van der Waals surface area contributed by atoms with Gasteiger partial charge in [0.25, 0.3) is 0 Å². The van der Waals surface area contributed by atoms with Crippen LogP contribution in [-0.2, 0) is 4.79 Å². The van der Waals surface area contributed by atoms with Crippen LogP contribution in [-0.4, -0.2) is 38.4 Å². The van der Waals surface area contributed by atoms with Gasteiger partial charge in [-0.3, -0.25) is 4.79 Å². The first-order valence-electron chi connectivity index (χ1n) is 13.6. The highest BCUT2D eigenvalue weighted by molar-refractivity contribution is 5.85. The molecule has 4 fully saturated rings. The van der Waals surface area contributed by atoms with Crippen molar-refractivity contribution in [2.24, 2.45) is 45.3 Å². The molecule has 0 bridgehead atoms. The molecule has 0 heterocycles. The highest BCUT2D eigenvalue weighted by atomic mass is 16.3. The number of ketones is 1. The summed E-state index contributed by atoms with van der Waals surface area (Å²) in [5, 5.41) is 33.4. The van der Waals surface area contributed by atoms with E-state index >= 15 is 0 Å². The predicted molar refractivity (Wildman–Crippen MR) is 136 cm³/mol. The maximum absolute atomic E-state index is 12.8. The lowest BCUT2D eigenvalue weighted by Gasteiger charge is -2.69. The number of aliphatic hydroxyl groups is 3. The number of fused-ring (bicyclic) bond motifs is 5. The van der Waals surface area contributed by atoms with Gasteiger partial charge in [-0.25, -0.2) is 0 Å². The van der Waals surface area contributed by atoms with Gasteiger partial charge < -0.3 is 15.3 Å². The molecule has 4 saturated carbocycles. The van der Waals surface area contributed by atoms with Crippen LogP contribution in [0.2, 0.25) is 0 Å². The fraction of sp³-hybridized carbons (Fsp3) is 0.867. The molecule has 0 spiro atoms. The monoisotopic (exact) mass is 473 g/mol. The van der Waals surface area contributed by atoms with Gasteiger partial charge in [-0.05, 0) is 106 Å². The molecular formula is C30H49O4. The summed E-state index contributed by atoms with van der Waals surface area (Å²) in [7, 11) is 0. The van der Waals surface area contributed by atoms with Crippen LogP contribution in [0.25, 0.3) is 0 Å². The van der Waals surface area contributed by atoms with Gasteiger partial charge in [0, 0.05) is 11.8 Å². The molecule has 4 aliphatic rings. The van der Waals surface area contributed by atoms with Crippen LogP contribution in [0.1, 0.15) is 100 Å². The number of hydrogen-bond acceptors (Lipinski definition) is 4. The van der Waals surface area contributed by atoms with E-state index in [1.54, 1.807) is 19.9 Å². The summed E-state index contributed by atoms with van der Waals surface area (Å²) in [6.45, 7) is 16.9. The van der Waals surface area contributed by atoms with Crippen molar-refractivity contribution in [3.8, 4) is 0 Å². The zero-order valence-electron chi connectivity index (χ0n) is 22.8. The quantitative estimate of drug-likeness (QED) is 0.472. The second-order valence-electron chi connectivity index (χ2n) is 14.5. The van der Waals surface area contributed by atoms with Gasteiger partial charge in [0.2, 0.25) is 0 Å². The molecule has 34 heavy (non-hydrogen) atoms. The molecule has 0 aromatic carbocycles. The number of hydrogen-bond donors (Lipinski definition) is 3. The van der Waals surface area contributed by atoms with E-state index in [-0.39, 0.29) is 39.4 Å². The van der Waals surface area contributed by atoms with Gasteiger partial charge in [0.1, 0.15) is 5.78 Å². The van der Waals surface area contributed by atoms with Crippen LogP contribution in [0.15, 0.2) is 12.2 Å². The van der Waals surface area contributed by atoms with Crippen molar-refractivity contribution >= 4 is 5.78 Å². The molecule has 0 aliphatic heterocycles. The zero-order chi connectivity index (χ0) is 25.5. The van der Waals surface area contributed by atoms with Crippen LogP contribution in [0.3, 0.4) is 0 Å². The lowest BCUT2D eigenvalue weighted by Crippen LogP contribution is -2.66. The Balaban J connectivity index is 1.66. The summed E-state index contributed by atoms with van der Waals surface area (Å²) < 4.78 is 0. The van der Waals surface area contributed by atoms with Gasteiger partial charge in [-0.2, -0.15) is 0 Å². The van der Waals surface area contributed by atoms with Crippen molar-refractivity contribution in [2.75, 3.05) is 0 Å². The Morgan fingerprint density at radius 1 is 1.06 bits per heavy atom. The van der Waals surface area contributed by atoms with E-state index in [0.29, 0.717) is 24.5 Å². The van der Waals surface area contributed by atoms with Crippen LogP contribution in [0.4, 0.5) is 0 Å². The van der Waals surface area contributed by atoms with Crippen LogP contribution in [0.5, 0.6) is 0 Å². The van der Waals surface area contributed by atoms with Crippen molar-refractivity contribution in [3.63, 3.8) is 0 Å². The van der Waals surface area contributed by atoms with Gasteiger partial charge >= 0.3 is 0 Å². The van der Waals surface area contributed by atoms with Crippen molar-refractivity contribution in [1.29, 1.82) is 0 Å². The van der Waals surface area contributed by atoms with E-state index in [1.165, 1.54) is 0 Å².